The van der Waals surface area contributed by atoms with Crippen LogP contribution in [0.1, 0.15) is 32.3 Å². The SMILES string of the molecule is CCCCNC(=O)C(C)N(Cc1ccc(OC)cc1)C(=O)CN(c1cc(OC)ccc1OC)S(=O)(=O)c1ccccc1. The van der Waals surface area contributed by atoms with Crippen molar-refractivity contribution in [3.63, 3.8) is 0 Å². The molecule has 0 fully saturated rings. The molecule has 1 atom stereocenters. The molecule has 3 aromatic carbocycles. The molecule has 0 saturated carbocycles. The third-order valence-corrected chi connectivity index (χ3v) is 8.55. The number of unbranched alkanes of at least 4 members (excludes halogenated alkanes) is 1. The number of rotatable bonds is 15. The summed E-state index contributed by atoms with van der Waals surface area (Å²) < 4.78 is 45.1. The van der Waals surface area contributed by atoms with E-state index in [4.69, 9.17) is 14.2 Å². The molecule has 0 radical (unpaired) electrons. The van der Waals surface area contributed by atoms with Crippen molar-refractivity contribution >= 4 is 27.5 Å². The fraction of sp³-hybridized carbons (Fsp3) is 0.355. The number of hydrogen-bond donors (Lipinski definition) is 1. The van der Waals surface area contributed by atoms with Crippen LogP contribution in [0.5, 0.6) is 17.2 Å². The van der Waals surface area contributed by atoms with E-state index in [1.54, 1.807) is 68.6 Å². The molecular formula is C31H39N3O7S. The van der Waals surface area contributed by atoms with E-state index < -0.39 is 28.5 Å². The van der Waals surface area contributed by atoms with Crippen molar-refractivity contribution in [1.82, 2.24) is 10.2 Å². The van der Waals surface area contributed by atoms with Gasteiger partial charge < -0.3 is 24.4 Å². The van der Waals surface area contributed by atoms with Crippen LogP contribution < -0.4 is 23.8 Å². The molecule has 0 aliphatic rings. The van der Waals surface area contributed by atoms with E-state index in [1.165, 1.54) is 37.3 Å². The van der Waals surface area contributed by atoms with Crippen LogP contribution in [0.2, 0.25) is 0 Å². The summed E-state index contributed by atoms with van der Waals surface area (Å²) in [5.74, 6) is 0.350. The number of ether oxygens (including phenoxy) is 3. The van der Waals surface area contributed by atoms with Crippen molar-refractivity contribution in [1.29, 1.82) is 0 Å². The lowest BCUT2D eigenvalue weighted by Gasteiger charge is -2.32. The molecule has 1 unspecified atom stereocenters. The van der Waals surface area contributed by atoms with Gasteiger partial charge in [-0.3, -0.25) is 13.9 Å². The van der Waals surface area contributed by atoms with Crippen LogP contribution >= 0.6 is 0 Å². The minimum absolute atomic E-state index is 0.00488. The lowest BCUT2D eigenvalue weighted by atomic mass is 10.1. The summed E-state index contributed by atoms with van der Waals surface area (Å²) in [6.07, 6.45) is 1.70. The monoisotopic (exact) mass is 597 g/mol. The van der Waals surface area contributed by atoms with Gasteiger partial charge in [-0.05, 0) is 55.3 Å². The number of hydrogen-bond acceptors (Lipinski definition) is 7. The molecule has 2 amide bonds. The Hall–Kier alpha value is -4.25. The highest BCUT2D eigenvalue weighted by molar-refractivity contribution is 7.92. The summed E-state index contributed by atoms with van der Waals surface area (Å²) in [4.78, 5) is 28.6. The topological polar surface area (TPSA) is 114 Å². The summed E-state index contributed by atoms with van der Waals surface area (Å²) in [6.45, 7) is 3.59. The Morgan fingerprint density at radius 1 is 0.881 bits per heavy atom. The number of carbonyl (C=O) groups excluding carboxylic acids is 2. The standard InChI is InChI=1S/C31H39N3O7S/c1-6-7-19-32-31(36)23(2)33(21-24-13-15-25(39-3)16-14-24)30(35)22-34(42(37,38)27-11-9-8-10-12-27)28-20-26(40-4)17-18-29(28)41-5/h8-18,20,23H,6-7,19,21-22H2,1-5H3,(H,32,36). The second-order valence-corrected chi connectivity index (χ2v) is 11.4. The first-order chi connectivity index (χ1) is 20.2. The lowest BCUT2D eigenvalue weighted by molar-refractivity contribution is -0.139. The second kappa shape index (κ2) is 15.1. The maximum Gasteiger partial charge on any atom is 0.264 e. The molecule has 0 saturated heterocycles. The molecule has 3 rings (SSSR count). The van der Waals surface area contributed by atoms with E-state index in [0.717, 1.165) is 22.7 Å². The van der Waals surface area contributed by atoms with Crippen molar-refractivity contribution in [3.05, 3.63) is 78.4 Å². The quantitative estimate of drug-likeness (QED) is 0.261. The summed E-state index contributed by atoms with van der Waals surface area (Å²) in [5, 5.41) is 2.88. The third kappa shape index (κ3) is 7.94. The minimum atomic E-state index is -4.25. The summed E-state index contributed by atoms with van der Waals surface area (Å²) >= 11 is 0. The second-order valence-electron chi connectivity index (χ2n) is 9.55. The highest BCUT2D eigenvalue weighted by atomic mass is 32.2. The van der Waals surface area contributed by atoms with Gasteiger partial charge in [0.25, 0.3) is 10.0 Å². The van der Waals surface area contributed by atoms with Gasteiger partial charge in [0.15, 0.2) is 0 Å². The predicted octanol–water partition coefficient (Wildman–Crippen LogP) is 4.24. The van der Waals surface area contributed by atoms with Gasteiger partial charge in [0.2, 0.25) is 11.8 Å². The highest BCUT2D eigenvalue weighted by Gasteiger charge is 2.34. The van der Waals surface area contributed by atoms with Gasteiger partial charge in [-0.15, -0.1) is 0 Å². The van der Waals surface area contributed by atoms with E-state index in [2.05, 4.69) is 5.32 Å². The summed E-state index contributed by atoms with van der Waals surface area (Å²) in [5.41, 5.74) is 0.868. The van der Waals surface area contributed by atoms with Gasteiger partial charge in [-0.25, -0.2) is 8.42 Å². The van der Waals surface area contributed by atoms with Gasteiger partial charge in [0.1, 0.15) is 29.8 Å². The third-order valence-electron chi connectivity index (χ3n) is 6.77. The van der Waals surface area contributed by atoms with Crippen molar-refractivity contribution in [2.24, 2.45) is 0 Å². The van der Waals surface area contributed by atoms with Gasteiger partial charge in [-0.1, -0.05) is 43.7 Å². The molecule has 1 N–H and O–H groups in total. The average molecular weight is 598 g/mol. The first-order valence-corrected chi connectivity index (χ1v) is 15.1. The first-order valence-electron chi connectivity index (χ1n) is 13.7. The number of methoxy groups -OCH3 is 3. The van der Waals surface area contributed by atoms with Crippen molar-refractivity contribution in [3.8, 4) is 17.2 Å². The lowest BCUT2D eigenvalue weighted by Crippen LogP contribution is -2.51. The number of amides is 2. The molecular weight excluding hydrogens is 558 g/mol. The zero-order valence-corrected chi connectivity index (χ0v) is 25.5. The van der Waals surface area contributed by atoms with Gasteiger partial charge in [0, 0.05) is 19.2 Å². The average Bonchev–Trinajstić information content (AvgIpc) is 3.02. The molecule has 42 heavy (non-hydrogen) atoms. The zero-order chi connectivity index (χ0) is 30.7. The van der Waals surface area contributed by atoms with Crippen LogP contribution in [0.25, 0.3) is 0 Å². The fourth-order valence-corrected chi connectivity index (χ4v) is 5.71. The van der Waals surface area contributed by atoms with E-state index >= 15 is 0 Å². The van der Waals surface area contributed by atoms with E-state index in [9.17, 15) is 18.0 Å². The van der Waals surface area contributed by atoms with Crippen LogP contribution in [0.4, 0.5) is 5.69 Å². The van der Waals surface area contributed by atoms with E-state index in [-0.39, 0.29) is 28.8 Å². The van der Waals surface area contributed by atoms with Crippen LogP contribution in [0.15, 0.2) is 77.7 Å². The molecule has 0 aliphatic heterocycles. The van der Waals surface area contributed by atoms with E-state index in [1.807, 2.05) is 6.92 Å². The maximum absolute atomic E-state index is 14.1. The molecule has 0 spiro atoms. The van der Waals surface area contributed by atoms with E-state index in [0.29, 0.717) is 18.0 Å². The van der Waals surface area contributed by atoms with Crippen LogP contribution in [0, 0.1) is 0 Å². The fourth-order valence-electron chi connectivity index (χ4n) is 4.27. The number of nitrogens with zero attached hydrogens (tertiary/aromatic N) is 2. The number of nitrogens with one attached hydrogen (secondary N) is 1. The number of sulfonamides is 1. The molecule has 0 bridgehead atoms. The normalized spacial score (nSPS) is 11.7. The summed E-state index contributed by atoms with van der Waals surface area (Å²) in [6, 6.07) is 18.8. The Bertz CT molecular complexity index is 1430. The Morgan fingerprint density at radius 2 is 1.52 bits per heavy atom. The first kappa shape index (κ1) is 32.3. The number of anilines is 1. The van der Waals surface area contributed by atoms with Crippen molar-refractivity contribution in [2.45, 2.75) is 44.2 Å². The van der Waals surface area contributed by atoms with Gasteiger partial charge >= 0.3 is 0 Å². The smallest absolute Gasteiger partial charge is 0.264 e. The molecule has 3 aromatic rings. The van der Waals surface area contributed by atoms with Crippen LogP contribution in [0.3, 0.4) is 0 Å². The highest BCUT2D eigenvalue weighted by Crippen LogP contribution is 2.36. The largest absolute Gasteiger partial charge is 0.497 e. The number of carbonyl (C=O) groups is 2. The Kier molecular flexibility index (Phi) is 11.6. The van der Waals surface area contributed by atoms with Crippen molar-refractivity contribution < 1.29 is 32.2 Å². The van der Waals surface area contributed by atoms with Crippen molar-refractivity contribution in [2.75, 3.05) is 38.7 Å². The van der Waals surface area contributed by atoms with Crippen LogP contribution in [-0.4, -0.2) is 65.6 Å². The maximum atomic E-state index is 14.1. The Labute approximate surface area is 248 Å². The molecule has 0 heterocycles. The van der Waals surface area contributed by atoms with Crippen LogP contribution in [-0.2, 0) is 26.2 Å². The molecule has 0 aliphatic carbocycles. The Balaban J connectivity index is 2.07. The predicted molar refractivity (Wildman–Crippen MR) is 161 cm³/mol. The molecule has 0 aromatic heterocycles. The molecule has 226 valence electrons. The minimum Gasteiger partial charge on any atom is -0.497 e. The molecule has 10 nitrogen and oxygen atoms in total. The molecule has 11 heteroatoms. The summed E-state index contributed by atoms with van der Waals surface area (Å²) in [7, 11) is 0.182. The van der Waals surface area contributed by atoms with Gasteiger partial charge in [0.05, 0.1) is 31.9 Å². The zero-order valence-electron chi connectivity index (χ0n) is 24.7. The van der Waals surface area contributed by atoms with Gasteiger partial charge in [-0.2, -0.15) is 0 Å². The number of benzene rings is 3. The Morgan fingerprint density at radius 3 is 2.12 bits per heavy atom.